The molecule has 1 fully saturated rings. The molecule has 2 aliphatic heterocycles. The van der Waals surface area contributed by atoms with Crippen molar-refractivity contribution in [2.24, 2.45) is 7.05 Å². The van der Waals surface area contributed by atoms with Gasteiger partial charge in [-0.15, -0.1) is 0 Å². The minimum atomic E-state index is -1.18. The van der Waals surface area contributed by atoms with E-state index in [9.17, 15) is 9.59 Å². The van der Waals surface area contributed by atoms with E-state index in [4.69, 9.17) is 19.1 Å². The Labute approximate surface area is 164 Å². The molecule has 148 valence electrons. The van der Waals surface area contributed by atoms with Crippen molar-refractivity contribution < 1.29 is 28.7 Å². The van der Waals surface area contributed by atoms with E-state index in [1.807, 2.05) is 13.1 Å². The van der Waals surface area contributed by atoms with Gasteiger partial charge in [-0.1, -0.05) is 5.16 Å². The highest BCUT2D eigenvalue weighted by atomic mass is 16.6. The maximum atomic E-state index is 12.1. The lowest BCUT2D eigenvalue weighted by molar-refractivity contribution is -0.144. The fourth-order valence-electron chi connectivity index (χ4n) is 3.74. The van der Waals surface area contributed by atoms with Gasteiger partial charge < -0.3 is 19.1 Å². The Bertz CT molecular complexity index is 1120. The van der Waals surface area contributed by atoms with Crippen LogP contribution in [0.4, 0.5) is 10.5 Å². The lowest BCUT2D eigenvalue weighted by Crippen LogP contribution is -2.27. The maximum Gasteiger partial charge on any atom is 0.415 e. The first-order valence-electron chi connectivity index (χ1n) is 8.98. The fraction of sp³-hybridized carbons (Fsp3) is 0.263. The first-order chi connectivity index (χ1) is 14.0. The summed E-state index contributed by atoms with van der Waals surface area (Å²) >= 11 is 0. The number of anilines is 1. The van der Waals surface area contributed by atoms with E-state index in [2.05, 4.69) is 10.3 Å². The quantitative estimate of drug-likeness (QED) is 0.715. The van der Waals surface area contributed by atoms with E-state index in [1.165, 1.54) is 4.90 Å². The van der Waals surface area contributed by atoms with Crippen molar-refractivity contribution in [1.29, 1.82) is 0 Å². The third-order valence-electron chi connectivity index (χ3n) is 5.05. The number of hydrogen-bond acceptors (Lipinski definition) is 7. The van der Waals surface area contributed by atoms with Crippen molar-refractivity contribution in [2.45, 2.75) is 12.5 Å². The second kappa shape index (κ2) is 6.36. The van der Waals surface area contributed by atoms with Gasteiger partial charge in [-0.25, -0.2) is 9.59 Å². The number of carboxylic acid groups (broad SMARTS) is 1. The Kier molecular flexibility index (Phi) is 3.79. The molecule has 1 atom stereocenters. The Balaban J connectivity index is 1.56. The van der Waals surface area contributed by atoms with E-state index >= 15 is 0 Å². The van der Waals surface area contributed by atoms with Crippen LogP contribution in [0, 0.1) is 0 Å². The molecule has 0 unspecified atom stereocenters. The zero-order chi connectivity index (χ0) is 20.1. The largest absolute Gasteiger partial charge is 0.492 e. The van der Waals surface area contributed by atoms with Gasteiger partial charge in [0.1, 0.15) is 11.4 Å². The molecule has 1 N–H and O–H groups in total. The number of carbonyl (C=O) groups is 2. The van der Waals surface area contributed by atoms with Crippen LogP contribution in [0.2, 0.25) is 0 Å². The molecule has 1 amide bonds. The predicted octanol–water partition coefficient (Wildman–Crippen LogP) is 2.09. The van der Waals surface area contributed by atoms with E-state index < -0.39 is 18.2 Å². The minimum absolute atomic E-state index is 0.0560. The summed E-state index contributed by atoms with van der Waals surface area (Å²) in [4.78, 5) is 24.5. The van der Waals surface area contributed by atoms with Crippen molar-refractivity contribution in [3.63, 3.8) is 0 Å². The van der Waals surface area contributed by atoms with Gasteiger partial charge in [0.15, 0.2) is 5.76 Å². The Hall–Kier alpha value is -3.82. The average Bonchev–Trinajstić information content (AvgIpc) is 3.39. The summed E-state index contributed by atoms with van der Waals surface area (Å²) in [6.07, 6.45) is 0.314. The summed E-state index contributed by atoms with van der Waals surface area (Å²) in [6, 6.07) is 7.05. The van der Waals surface area contributed by atoms with Gasteiger partial charge in [0.05, 0.1) is 30.7 Å². The topological polar surface area (TPSA) is 120 Å². The molecule has 4 heterocycles. The van der Waals surface area contributed by atoms with Crippen LogP contribution < -0.4 is 9.64 Å². The van der Waals surface area contributed by atoms with Crippen LogP contribution >= 0.6 is 0 Å². The standard InChI is InChI=1S/C19H16N4O6/c1-22-17-11-3-2-10(23-9-15(18(24)25)28-19(23)26)8-14(11)27-7-5-12(17)16(21-22)13-4-6-20-29-13/h2-4,6,8,15H,5,7,9H2,1H3,(H,24,25)/t15-/m1/s1. The van der Waals surface area contributed by atoms with Gasteiger partial charge in [0.25, 0.3) is 0 Å². The van der Waals surface area contributed by atoms with Crippen molar-refractivity contribution in [2.75, 3.05) is 18.1 Å². The van der Waals surface area contributed by atoms with E-state index in [-0.39, 0.29) is 6.54 Å². The third kappa shape index (κ3) is 2.72. The Morgan fingerprint density at radius 3 is 2.90 bits per heavy atom. The monoisotopic (exact) mass is 396 g/mol. The normalized spacial score (nSPS) is 17.9. The summed E-state index contributed by atoms with van der Waals surface area (Å²) in [5.41, 5.74) is 3.93. The smallest absolute Gasteiger partial charge is 0.415 e. The van der Waals surface area contributed by atoms with Crippen LogP contribution in [0.1, 0.15) is 5.56 Å². The number of carboxylic acids is 1. The second-order valence-corrected chi connectivity index (χ2v) is 6.78. The highest BCUT2D eigenvalue weighted by Gasteiger charge is 2.37. The second-order valence-electron chi connectivity index (χ2n) is 6.78. The van der Waals surface area contributed by atoms with Crippen LogP contribution in [-0.4, -0.2) is 51.4 Å². The lowest BCUT2D eigenvalue weighted by atomic mass is 10.0. The third-order valence-corrected chi connectivity index (χ3v) is 5.05. The van der Waals surface area contributed by atoms with Gasteiger partial charge in [-0.05, 0) is 12.1 Å². The SMILES string of the molecule is Cn1nc(-c2ccno2)c2c1-c1ccc(N3C[C@H](C(=O)O)OC3=O)cc1OCC2. The average molecular weight is 396 g/mol. The fourth-order valence-corrected chi connectivity index (χ4v) is 3.74. The Morgan fingerprint density at radius 2 is 2.17 bits per heavy atom. The van der Waals surface area contributed by atoms with Crippen molar-refractivity contribution in [3.05, 3.63) is 36.0 Å². The molecule has 2 aromatic heterocycles. The summed E-state index contributed by atoms with van der Waals surface area (Å²) in [7, 11) is 1.84. The molecule has 10 heteroatoms. The number of aromatic nitrogens is 3. The highest BCUT2D eigenvalue weighted by molar-refractivity contribution is 5.94. The number of aliphatic carboxylic acids is 1. The summed E-state index contributed by atoms with van der Waals surface area (Å²) < 4.78 is 17.9. The van der Waals surface area contributed by atoms with Gasteiger partial charge in [-0.2, -0.15) is 5.10 Å². The lowest BCUT2D eigenvalue weighted by Gasteiger charge is -2.16. The van der Waals surface area contributed by atoms with Crippen LogP contribution in [-0.2, 0) is 23.0 Å². The van der Waals surface area contributed by atoms with Crippen molar-refractivity contribution >= 4 is 17.7 Å². The number of ether oxygens (including phenoxy) is 2. The molecule has 0 saturated carbocycles. The van der Waals surface area contributed by atoms with E-state index in [0.29, 0.717) is 35.9 Å². The van der Waals surface area contributed by atoms with Crippen LogP contribution in [0.3, 0.4) is 0 Å². The van der Waals surface area contributed by atoms with Gasteiger partial charge in [-0.3, -0.25) is 9.58 Å². The minimum Gasteiger partial charge on any atom is -0.492 e. The molecule has 2 aliphatic rings. The van der Waals surface area contributed by atoms with Gasteiger partial charge in [0.2, 0.25) is 6.10 Å². The van der Waals surface area contributed by atoms with E-state index in [0.717, 1.165) is 16.8 Å². The number of cyclic esters (lactones) is 1. The molecule has 1 saturated heterocycles. The number of amides is 1. The van der Waals surface area contributed by atoms with E-state index in [1.54, 1.807) is 29.1 Å². The first kappa shape index (κ1) is 17.3. The number of benzene rings is 1. The van der Waals surface area contributed by atoms with Crippen LogP contribution in [0.25, 0.3) is 22.7 Å². The molecule has 0 radical (unpaired) electrons. The number of nitrogens with zero attached hydrogens (tertiary/aromatic N) is 4. The molecule has 29 heavy (non-hydrogen) atoms. The molecule has 0 spiro atoms. The zero-order valence-electron chi connectivity index (χ0n) is 15.4. The molecule has 10 nitrogen and oxygen atoms in total. The molecule has 0 aliphatic carbocycles. The molecule has 5 rings (SSSR count). The molecular formula is C19H16N4O6. The summed E-state index contributed by atoms with van der Waals surface area (Å²) in [5.74, 6) is -0.00674. The number of carbonyl (C=O) groups excluding carboxylic acids is 1. The van der Waals surface area contributed by atoms with Crippen LogP contribution in [0.5, 0.6) is 5.75 Å². The number of aryl methyl sites for hydroxylation is 1. The molecule has 1 aromatic carbocycles. The summed E-state index contributed by atoms with van der Waals surface area (Å²) in [6.45, 7) is 0.359. The maximum absolute atomic E-state index is 12.1. The number of rotatable bonds is 3. The highest BCUT2D eigenvalue weighted by Crippen LogP contribution is 2.41. The van der Waals surface area contributed by atoms with Crippen molar-refractivity contribution in [1.82, 2.24) is 14.9 Å². The summed E-state index contributed by atoms with van der Waals surface area (Å²) in [5, 5.41) is 17.4. The first-order valence-corrected chi connectivity index (χ1v) is 8.98. The molecular weight excluding hydrogens is 380 g/mol. The number of hydrogen-bond donors (Lipinski definition) is 1. The Morgan fingerprint density at radius 1 is 1.31 bits per heavy atom. The molecule has 3 aromatic rings. The van der Waals surface area contributed by atoms with Crippen LogP contribution in [0.15, 0.2) is 35.0 Å². The van der Waals surface area contributed by atoms with Gasteiger partial charge in [0, 0.05) is 36.7 Å². The molecule has 0 bridgehead atoms. The van der Waals surface area contributed by atoms with Gasteiger partial charge >= 0.3 is 12.1 Å². The predicted molar refractivity (Wildman–Crippen MR) is 98.6 cm³/mol. The number of fused-ring (bicyclic) bond motifs is 3. The van der Waals surface area contributed by atoms with Crippen molar-refractivity contribution in [3.8, 4) is 28.5 Å². The zero-order valence-corrected chi connectivity index (χ0v) is 15.4.